The van der Waals surface area contributed by atoms with Gasteiger partial charge in [-0.05, 0) is 37.3 Å². The molecule has 0 spiro atoms. The molecule has 9 heteroatoms. The normalized spacial score (nSPS) is 16.7. The van der Waals surface area contributed by atoms with Crippen molar-refractivity contribution in [2.45, 2.75) is 44.7 Å². The number of likely N-dealkylation sites (tertiary alicyclic amines) is 2. The Bertz CT molecular complexity index is 1230. The summed E-state index contributed by atoms with van der Waals surface area (Å²) in [4.78, 5) is 26.0. The zero-order chi connectivity index (χ0) is 26.3. The molecule has 0 aliphatic carbocycles. The van der Waals surface area contributed by atoms with Gasteiger partial charge < -0.3 is 25.0 Å². The second kappa shape index (κ2) is 12.3. The Morgan fingerprint density at radius 2 is 1.76 bits per heavy atom. The van der Waals surface area contributed by atoms with Crippen LogP contribution in [0, 0.1) is 0 Å². The molecule has 1 aromatic heterocycles. The fourth-order valence-electron chi connectivity index (χ4n) is 5.33. The molecule has 2 saturated heterocycles. The van der Waals surface area contributed by atoms with E-state index in [9.17, 15) is 4.79 Å². The smallest absolute Gasteiger partial charge is 0.225 e. The number of amides is 1. The molecule has 3 heterocycles. The van der Waals surface area contributed by atoms with Crippen LogP contribution in [0.15, 0.2) is 42.5 Å². The molecular formula is C29H38N6O3. The number of nitrogens with one attached hydrogen (secondary N) is 2. The lowest BCUT2D eigenvalue weighted by atomic mass is 10.0. The van der Waals surface area contributed by atoms with E-state index in [-0.39, 0.29) is 5.91 Å². The molecule has 2 fully saturated rings. The van der Waals surface area contributed by atoms with Crippen LogP contribution in [-0.2, 0) is 11.3 Å². The second-order valence-electron chi connectivity index (χ2n) is 10.1. The Hall–Kier alpha value is -3.59. The van der Waals surface area contributed by atoms with Crippen LogP contribution in [0.1, 0.15) is 37.7 Å². The molecule has 0 atom stereocenters. The number of hydrogen-bond donors (Lipinski definition) is 2. The van der Waals surface area contributed by atoms with Gasteiger partial charge in [-0.1, -0.05) is 30.3 Å². The van der Waals surface area contributed by atoms with Crippen LogP contribution in [0.25, 0.3) is 10.9 Å². The lowest BCUT2D eigenvalue weighted by Crippen LogP contribution is -2.38. The first-order valence-corrected chi connectivity index (χ1v) is 13.6. The number of carbonyl (C=O) groups excluding carboxylic acids is 1. The van der Waals surface area contributed by atoms with E-state index in [1.54, 1.807) is 14.2 Å². The number of carbonyl (C=O) groups is 1. The highest BCUT2D eigenvalue weighted by molar-refractivity contribution is 5.92. The zero-order valence-corrected chi connectivity index (χ0v) is 22.4. The first-order chi connectivity index (χ1) is 18.6. The van der Waals surface area contributed by atoms with Crippen molar-refractivity contribution in [3.8, 4) is 11.5 Å². The van der Waals surface area contributed by atoms with E-state index in [0.717, 1.165) is 75.1 Å². The highest BCUT2D eigenvalue weighted by Crippen LogP contribution is 2.35. The Kier molecular flexibility index (Phi) is 8.43. The van der Waals surface area contributed by atoms with E-state index in [2.05, 4.69) is 45.9 Å². The molecular weight excluding hydrogens is 480 g/mol. The highest BCUT2D eigenvalue weighted by atomic mass is 16.5. The van der Waals surface area contributed by atoms with Gasteiger partial charge in [-0.3, -0.25) is 9.69 Å². The van der Waals surface area contributed by atoms with Gasteiger partial charge in [0.1, 0.15) is 5.82 Å². The van der Waals surface area contributed by atoms with Crippen molar-refractivity contribution in [3.63, 3.8) is 0 Å². The molecule has 2 aromatic carbocycles. The maximum atomic E-state index is 11.9. The summed E-state index contributed by atoms with van der Waals surface area (Å²) in [5.74, 6) is 2.92. The molecule has 38 heavy (non-hydrogen) atoms. The topological polar surface area (TPSA) is 91.8 Å². The van der Waals surface area contributed by atoms with Crippen molar-refractivity contribution in [3.05, 3.63) is 48.0 Å². The van der Waals surface area contributed by atoms with Crippen molar-refractivity contribution in [1.82, 2.24) is 19.8 Å². The summed E-state index contributed by atoms with van der Waals surface area (Å²) in [6.07, 6.45) is 4.57. The van der Waals surface area contributed by atoms with Crippen LogP contribution in [-0.4, -0.2) is 78.7 Å². The number of hydrogen-bond acceptors (Lipinski definition) is 8. The summed E-state index contributed by atoms with van der Waals surface area (Å²) in [5, 5.41) is 7.99. The number of ether oxygens (including phenoxy) is 2. The van der Waals surface area contributed by atoms with Gasteiger partial charge in [0.05, 0.1) is 19.7 Å². The third-order valence-corrected chi connectivity index (χ3v) is 7.44. The summed E-state index contributed by atoms with van der Waals surface area (Å²) in [6.45, 7) is 5.38. The summed E-state index contributed by atoms with van der Waals surface area (Å²) in [7, 11) is 3.27. The van der Waals surface area contributed by atoms with Crippen molar-refractivity contribution in [2.24, 2.45) is 0 Å². The molecule has 0 radical (unpaired) electrons. The maximum absolute atomic E-state index is 11.9. The van der Waals surface area contributed by atoms with Crippen molar-refractivity contribution in [2.75, 3.05) is 57.6 Å². The molecule has 0 saturated carbocycles. The lowest BCUT2D eigenvalue weighted by molar-refractivity contribution is -0.127. The van der Waals surface area contributed by atoms with Gasteiger partial charge in [0, 0.05) is 63.2 Å². The minimum Gasteiger partial charge on any atom is -0.493 e. The zero-order valence-electron chi connectivity index (χ0n) is 22.4. The van der Waals surface area contributed by atoms with E-state index in [0.29, 0.717) is 36.5 Å². The second-order valence-corrected chi connectivity index (χ2v) is 10.1. The quantitative estimate of drug-likeness (QED) is 0.366. The van der Waals surface area contributed by atoms with E-state index >= 15 is 0 Å². The fraction of sp³-hybridized carbons (Fsp3) is 0.483. The van der Waals surface area contributed by atoms with Crippen LogP contribution in [0.4, 0.5) is 11.8 Å². The predicted octanol–water partition coefficient (Wildman–Crippen LogP) is 4.15. The number of aromatic nitrogens is 2. The summed E-state index contributed by atoms with van der Waals surface area (Å²) in [6, 6.07) is 14.8. The number of nitrogens with zero attached hydrogens (tertiary/aromatic N) is 4. The number of rotatable bonds is 11. The van der Waals surface area contributed by atoms with E-state index in [1.807, 2.05) is 17.0 Å². The molecule has 1 amide bonds. The molecule has 9 nitrogen and oxygen atoms in total. The van der Waals surface area contributed by atoms with Crippen LogP contribution < -0.4 is 20.1 Å². The van der Waals surface area contributed by atoms with Crippen LogP contribution >= 0.6 is 0 Å². The molecule has 0 bridgehead atoms. The minimum atomic E-state index is 0.259. The molecule has 2 N–H and O–H groups in total. The molecule has 3 aromatic rings. The van der Waals surface area contributed by atoms with E-state index in [1.165, 1.54) is 5.56 Å². The molecule has 0 unspecified atom stereocenters. The predicted molar refractivity (Wildman–Crippen MR) is 150 cm³/mol. The van der Waals surface area contributed by atoms with Crippen LogP contribution in [0.2, 0.25) is 0 Å². The number of fused-ring (bicyclic) bond motifs is 1. The number of piperidine rings is 1. The van der Waals surface area contributed by atoms with Crippen molar-refractivity contribution in [1.29, 1.82) is 0 Å². The van der Waals surface area contributed by atoms with Gasteiger partial charge in [0.15, 0.2) is 11.5 Å². The first kappa shape index (κ1) is 26.0. The van der Waals surface area contributed by atoms with Gasteiger partial charge in [0.2, 0.25) is 11.9 Å². The fourth-order valence-corrected chi connectivity index (χ4v) is 5.33. The molecule has 2 aliphatic heterocycles. The SMILES string of the molecule is COc1cc2nc(NCCCN3CCCC3=O)nc(NC3CCN(Cc4ccccc4)CC3)c2cc1OC. The van der Waals surface area contributed by atoms with Gasteiger partial charge in [-0.15, -0.1) is 0 Å². The third kappa shape index (κ3) is 6.27. The van der Waals surface area contributed by atoms with Crippen molar-refractivity contribution < 1.29 is 14.3 Å². The Morgan fingerprint density at radius 1 is 1.00 bits per heavy atom. The molecule has 5 rings (SSSR count). The van der Waals surface area contributed by atoms with Crippen molar-refractivity contribution >= 4 is 28.6 Å². The van der Waals surface area contributed by atoms with Crippen LogP contribution in [0.3, 0.4) is 0 Å². The Balaban J connectivity index is 1.28. The van der Waals surface area contributed by atoms with E-state index < -0.39 is 0 Å². The van der Waals surface area contributed by atoms with Gasteiger partial charge in [0.25, 0.3) is 0 Å². The first-order valence-electron chi connectivity index (χ1n) is 13.6. The number of benzene rings is 2. The van der Waals surface area contributed by atoms with Gasteiger partial charge >= 0.3 is 0 Å². The summed E-state index contributed by atoms with van der Waals surface area (Å²) in [5.41, 5.74) is 2.14. The monoisotopic (exact) mass is 518 g/mol. The summed E-state index contributed by atoms with van der Waals surface area (Å²) < 4.78 is 11.1. The number of anilines is 2. The third-order valence-electron chi connectivity index (χ3n) is 7.44. The Labute approximate surface area is 224 Å². The largest absolute Gasteiger partial charge is 0.493 e. The minimum absolute atomic E-state index is 0.259. The van der Waals surface area contributed by atoms with E-state index in [4.69, 9.17) is 19.4 Å². The van der Waals surface area contributed by atoms with Gasteiger partial charge in [-0.25, -0.2) is 4.98 Å². The molecule has 202 valence electrons. The number of methoxy groups -OCH3 is 2. The van der Waals surface area contributed by atoms with Gasteiger partial charge in [-0.2, -0.15) is 4.98 Å². The lowest BCUT2D eigenvalue weighted by Gasteiger charge is -2.33. The molecule has 2 aliphatic rings. The average molecular weight is 519 g/mol. The average Bonchev–Trinajstić information content (AvgIpc) is 3.36. The summed E-state index contributed by atoms with van der Waals surface area (Å²) >= 11 is 0. The highest BCUT2D eigenvalue weighted by Gasteiger charge is 2.22. The maximum Gasteiger partial charge on any atom is 0.225 e. The van der Waals surface area contributed by atoms with Crippen LogP contribution in [0.5, 0.6) is 11.5 Å². The standard InChI is InChI=1S/C29H38N6O3/c1-37-25-18-23-24(19-26(25)38-2)32-29(30-13-7-15-35-14-6-10-27(35)36)33-28(23)31-22-11-16-34(17-12-22)20-21-8-4-3-5-9-21/h3-5,8-9,18-19,22H,6-7,10-17,20H2,1-2H3,(H2,30,31,32,33). The Morgan fingerprint density at radius 3 is 2.47 bits per heavy atom.